The van der Waals surface area contributed by atoms with Crippen LogP contribution in [0.25, 0.3) is 6.08 Å². The van der Waals surface area contributed by atoms with E-state index in [4.69, 9.17) is 36.1 Å². The number of rotatable bonds is 10. The standard InChI is InChI=1S/C34H29BrClN3O5S/c1-4-6-26-30(33(41)43-5-2)31(24-17-23(36)12-14-27(24)42-3)39-32(40)29(45-34(39)38-26)16-22-11-13-28(25(35)15-22)44-19-21-9-7-20(18-37)8-10-21/h7-17,31H,4-6,19H2,1-3H3/b29-16+/t31-/m0/s1. The first-order valence-electron chi connectivity index (χ1n) is 14.2. The second-order valence-corrected chi connectivity index (χ2v) is 12.4. The molecule has 1 aliphatic heterocycles. The maximum absolute atomic E-state index is 14.1. The number of carbonyl (C=O) groups excluding carboxylic acids is 1. The molecule has 1 aromatic heterocycles. The van der Waals surface area contributed by atoms with Crippen LogP contribution in [-0.2, 0) is 16.1 Å². The molecule has 1 aliphatic rings. The first-order valence-corrected chi connectivity index (χ1v) is 16.2. The van der Waals surface area contributed by atoms with E-state index in [1.165, 1.54) is 23.0 Å². The van der Waals surface area contributed by atoms with Crippen molar-refractivity contribution in [1.82, 2.24) is 4.57 Å². The largest absolute Gasteiger partial charge is 0.496 e. The molecule has 0 radical (unpaired) electrons. The van der Waals surface area contributed by atoms with Crippen LogP contribution in [0.2, 0.25) is 5.02 Å². The summed E-state index contributed by atoms with van der Waals surface area (Å²) < 4.78 is 19.8. The van der Waals surface area contributed by atoms with Gasteiger partial charge in [0.15, 0.2) is 4.80 Å². The van der Waals surface area contributed by atoms with E-state index in [9.17, 15) is 9.59 Å². The van der Waals surface area contributed by atoms with Crippen molar-refractivity contribution in [2.75, 3.05) is 13.7 Å². The van der Waals surface area contributed by atoms with Gasteiger partial charge in [-0.25, -0.2) is 9.79 Å². The minimum Gasteiger partial charge on any atom is -0.496 e. The summed E-state index contributed by atoms with van der Waals surface area (Å²) in [5.74, 6) is 0.583. The molecule has 1 atom stereocenters. The number of hydrogen-bond acceptors (Lipinski definition) is 8. The van der Waals surface area contributed by atoms with Crippen LogP contribution in [0.15, 0.2) is 86.2 Å². The summed E-state index contributed by atoms with van der Waals surface area (Å²) in [5, 5.41) is 9.45. The molecule has 0 N–H and O–H groups in total. The Labute approximate surface area is 277 Å². The van der Waals surface area contributed by atoms with Gasteiger partial charge in [-0.1, -0.05) is 54.5 Å². The van der Waals surface area contributed by atoms with Gasteiger partial charge in [-0.2, -0.15) is 5.26 Å². The lowest BCUT2D eigenvalue weighted by molar-refractivity contribution is -0.139. The minimum absolute atomic E-state index is 0.174. The zero-order chi connectivity index (χ0) is 32.1. The number of nitriles is 1. The number of ether oxygens (including phenoxy) is 3. The molecule has 0 unspecified atom stereocenters. The van der Waals surface area contributed by atoms with E-state index >= 15 is 0 Å². The summed E-state index contributed by atoms with van der Waals surface area (Å²) in [7, 11) is 1.53. The fourth-order valence-corrected chi connectivity index (χ4v) is 6.76. The van der Waals surface area contributed by atoms with Crippen LogP contribution >= 0.6 is 38.9 Å². The van der Waals surface area contributed by atoms with Gasteiger partial charge in [0.05, 0.1) is 45.6 Å². The third-order valence-corrected chi connectivity index (χ3v) is 8.95. The van der Waals surface area contributed by atoms with Crippen molar-refractivity contribution in [1.29, 1.82) is 5.26 Å². The molecular formula is C34H29BrClN3O5S. The number of carbonyl (C=O) groups is 1. The fourth-order valence-electron chi connectivity index (χ4n) is 5.05. The number of fused-ring (bicyclic) bond motifs is 1. The van der Waals surface area contributed by atoms with Gasteiger partial charge >= 0.3 is 5.97 Å². The topological polar surface area (TPSA) is 103 Å². The first-order chi connectivity index (χ1) is 21.8. The van der Waals surface area contributed by atoms with Crippen molar-refractivity contribution in [3.63, 3.8) is 0 Å². The summed E-state index contributed by atoms with van der Waals surface area (Å²) in [4.78, 5) is 32.8. The molecular weight excluding hydrogens is 678 g/mol. The maximum Gasteiger partial charge on any atom is 0.338 e. The van der Waals surface area contributed by atoms with Crippen molar-refractivity contribution in [3.05, 3.63) is 123 Å². The van der Waals surface area contributed by atoms with Gasteiger partial charge in [0.2, 0.25) is 0 Å². The highest BCUT2D eigenvalue weighted by Crippen LogP contribution is 2.38. The minimum atomic E-state index is -0.845. The number of aromatic nitrogens is 1. The van der Waals surface area contributed by atoms with Gasteiger partial charge in [0.25, 0.3) is 5.56 Å². The Kier molecular flexibility index (Phi) is 10.2. The average molecular weight is 707 g/mol. The Bertz CT molecular complexity index is 2010. The van der Waals surface area contributed by atoms with E-state index in [-0.39, 0.29) is 12.2 Å². The van der Waals surface area contributed by atoms with E-state index in [2.05, 4.69) is 22.0 Å². The van der Waals surface area contributed by atoms with Crippen molar-refractivity contribution >= 4 is 50.9 Å². The predicted molar refractivity (Wildman–Crippen MR) is 177 cm³/mol. The number of nitrogens with zero attached hydrogens (tertiary/aromatic N) is 3. The SMILES string of the molecule is CCCC1=C(C(=O)OCC)[C@H](c2cc(Cl)ccc2OC)n2c(s/c(=C/c3ccc(OCc4ccc(C#N)cc4)c(Br)c3)c2=O)=N1. The predicted octanol–water partition coefficient (Wildman–Crippen LogP) is 6.45. The molecule has 45 heavy (non-hydrogen) atoms. The Hall–Kier alpha value is -4.17. The van der Waals surface area contributed by atoms with Gasteiger partial charge in [0, 0.05) is 10.6 Å². The fraction of sp³-hybridized carbons (Fsp3) is 0.235. The molecule has 230 valence electrons. The monoisotopic (exact) mass is 705 g/mol. The van der Waals surface area contributed by atoms with Crippen LogP contribution in [0.4, 0.5) is 0 Å². The number of methoxy groups -OCH3 is 1. The molecule has 0 amide bonds. The lowest BCUT2D eigenvalue weighted by atomic mass is 9.93. The van der Waals surface area contributed by atoms with Crippen LogP contribution in [0, 0.1) is 11.3 Å². The van der Waals surface area contributed by atoms with Crippen LogP contribution in [0.5, 0.6) is 11.5 Å². The van der Waals surface area contributed by atoms with Crippen LogP contribution in [0.1, 0.15) is 55.0 Å². The molecule has 4 aromatic rings. The Morgan fingerprint density at radius 3 is 2.56 bits per heavy atom. The van der Waals surface area contributed by atoms with E-state index in [1.807, 2.05) is 37.3 Å². The zero-order valence-corrected chi connectivity index (χ0v) is 28.0. The van der Waals surface area contributed by atoms with Gasteiger partial charge in [-0.05, 0) is 88.9 Å². The molecule has 3 aromatic carbocycles. The van der Waals surface area contributed by atoms with Crippen molar-refractivity contribution in [3.8, 4) is 17.6 Å². The van der Waals surface area contributed by atoms with Gasteiger partial charge < -0.3 is 14.2 Å². The van der Waals surface area contributed by atoms with Crippen LogP contribution < -0.4 is 24.4 Å². The van der Waals surface area contributed by atoms with Crippen LogP contribution in [-0.4, -0.2) is 24.3 Å². The quantitative estimate of drug-likeness (QED) is 0.176. The molecule has 0 saturated carbocycles. The van der Waals surface area contributed by atoms with Gasteiger partial charge in [-0.3, -0.25) is 9.36 Å². The van der Waals surface area contributed by atoms with E-state index < -0.39 is 12.0 Å². The number of hydrogen-bond donors (Lipinski definition) is 0. The molecule has 0 saturated heterocycles. The highest BCUT2D eigenvalue weighted by atomic mass is 79.9. The zero-order valence-electron chi connectivity index (χ0n) is 24.8. The number of thiazole rings is 1. The Balaban J connectivity index is 1.58. The molecule has 8 nitrogen and oxygen atoms in total. The normalized spacial score (nSPS) is 14.4. The van der Waals surface area contributed by atoms with Gasteiger partial charge in [0.1, 0.15) is 24.1 Å². The third-order valence-electron chi connectivity index (χ3n) is 7.11. The summed E-state index contributed by atoms with van der Waals surface area (Å²) in [6.07, 6.45) is 3.05. The summed E-state index contributed by atoms with van der Waals surface area (Å²) >= 11 is 11.3. The molecule has 5 rings (SSSR count). The number of allylic oxidation sites excluding steroid dienone is 1. The number of esters is 1. The molecule has 0 fully saturated rings. The maximum atomic E-state index is 14.1. The van der Waals surface area contributed by atoms with Crippen molar-refractivity contribution < 1.29 is 19.0 Å². The second-order valence-electron chi connectivity index (χ2n) is 10.1. The molecule has 0 bridgehead atoms. The molecule has 11 heteroatoms. The lowest BCUT2D eigenvalue weighted by Crippen LogP contribution is -2.40. The lowest BCUT2D eigenvalue weighted by Gasteiger charge is -2.27. The summed E-state index contributed by atoms with van der Waals surface area (Å²) in [6.45, 7) is 4.25. The highest BCUT2D eigenvalue weighted by molar-refractivity contribution is 9.10. The molecule has 0 aliphatic carbocycles. The Morgan fingerprint density at radius 1 is 1.13 bits per heavy atom. The molecule has 0 spiro atoms. The summed E-state index contributed by atoms with van der Waals surface area (Å²) in [5.41, 5.74) is 3.42. The molecule has 2 heterocycles. The third kappa shape index (κ3) is 6.91. The van der Waals surface area contributed by atoms with E-state index in [0.29, 0.717) is 65.8 Å². The number of benzene rings is 3. The Morgan fingerprint density at radius 2 is 1.89 bits per heavy atom. The summed E-state index contributed by atoms with van der Waals surface area (Å²) in [6, 6.07) is 19.2. The van der Waals surface area contributed by atoms with E-state index in [0.717, 1.165) is 17.5 Å². The smallest absolute Gasteiger partial charge is 0.338 e. The van der Waals surface area contributed by atoms with Crippen molar-refractivity contribution in [2.24, 2.45) is 4.99 Å². The average Bonchev–Trinajstić information content (AvgIpc) is 3.34. The highest BCUT2D eigenvalue weighted by Gasteiger charge is 2.36. The first kappa shape index (κ1) is 32.2. The van der Waals surface area contributed by atoms with E-state index in [1.54, 1.807) is 43.3 Å². The van der Waals surface area contributed by atoms with Crippen molar-refractivity contribution in [2.45, 2.75) is 39.3 Å². The van der Waals surface area contributed by atoms with Crippen LogP contribution in [0.3, 0.4) is 0 Å². The number of halogens is 2. The van der Waals surface area contributed by atoms with Gasteiger partial charge in [-0.15, -0.1) is 0 Å². The second kappa shape index (κ2) is 14.3.